The van der Waals surface area contributed by atoms with Gasteiger partial charge < -0.3 is 9.47 Å². The van der Waals surface area contributed by atoms with Gasteiger partial charge in [0.1, 0.15) is 0 Å². The molecule has 0 atom stereocenters. The molecule has 134 valence electrons. The molecule has 0 N–H and O–H groups in total. The molecule has 0 spiro atoms. The molecule has 0 radical (unpaired) electrons. The van der Waals surface area contributed by atoms with Crippen LogP contribution in [0.1, 0.15) is 18.4 Å². The fourth-order valence-corrected chi connectivity index (χ4v) is 4.56. The van der Waals surface area contributed by atoms with Crippen molar-refractivity contribution >= 4 is 40.2 Å². The second-order valence-corrected chi connectivity index (χ2v) is 8.10. The molecule has 3 nitrogen and oxygen atoms in total. The number of hydrogen-bond acceptors (Lipinski definition) is 2. The highest BCUT2D eigenvalue weighted by Gasteiger charge is 2.18. The number of rotatable bonds is 5. The highest BCUT2D eigenvalue weighted by Crippen LogP contribution is 2.31. The maximum atomic E-state index is 12.4. The Morgan fingerprint density at radius 3 is 2.54 bits per heavy atom. The summed E-state index contributed by atoms with van der Waals surface area (Å²) in [5.74, 6) is 0.761. The van der Waals surface area contributed by atoms with Gasteiger partial charge in [0.15, 0.2) is 0 Å². The summed E-state index contributed by atoms with van der Waals surface area (Å²) in [6, 6.07) is 16.3. The van der Waals surface area contributed by atoms with Crippen molar-refractivity contribution in [1.82, 2.24) is 9.47 Å². The molecule has 0 aliphatic carbocycles. The Kier molecular flexibility index (Phi) is 5.23. The van der Waals surface area contributed by atoms with E-state index < -0.39 is 0 Å². The van der Waals surface area contributed by atoms with Crippen molar-refractivity contribution in [1.29, 1.82) is 0 Å². The lowest BCUT2D eigenvalue weighted by Gasteiger charge is -2.14. The van der Waals surface area contributed by atoms with Crippen LogP contribution in [0.3, 0.4) is 0 Å². The van der Waals surface area contributed by atoms with Crippen molar-refractivity contribution < 1.29 is 4.79 Å². The Labute approximate surface area is 162 Å². The SMILES string of the molecule is O=C(CSc1cn(Cc2ccc(Cl)cc2)c2ccccc12)N1CCCC1. The molecule has 1 amide bonds. The highest BCUT2D eigenvalue weighted by atomic mass is 35.5. The molecule has 0 saturated carbocycles. The van der Waals surface area contributed by atoms with E-state index in [4.69, 9.17) is 11.6 Å². The summed E-state index contributed by atoms with van der Waals surface area (Å²) in [5.41, 5.74) is 2.40. The van der Waals surface area contributed by atoms with E-state index in [9.17, 15) is 4.79 Å². The van der Waals surface area contributed by atoms with Crippen molar-refractivity contribution in [2.45, 2.75) is 24.3 Å². The number of para-hydroxylation sites is 1. The molecule has 1 aromatic heterocycles. The lowest BCUT2D eigenvalue weighted by Crippen LogP contribution is -2.29. The fourth-order valence-electron chi connectivity index (χ4n) is 3.44. The first-order valence-electron chi connectivity index (χ1n) is 8.93. The number of carbonyl (C=O) groups excluding carboxylic acids is 1. The number of thioether (sulfide) groups is 1. The van der Waals surface area contributed by atoms with Gasteiger partial charge in [-0.15, -0.1) is 11.8 Å². The summed E-state index contributed by atoms with van der Waals surface area (Å²) >= 11 is 7.64. The van der Waals surface area contributed by atoms with Gasteiger partial charge in [-0.2, -0.15) is 0 Å². The zero-order chi connectivity index (χ0) is 17.9. The van der Waals surface area contributed by atoms with Crippen molar-refractivity contribution in [3.8, 4) is 0 Å². The van der Waals surface area contributed by atoms with Gasteiger partial charge in [0.05, 0.1) is 5.75 Å². The van der Waals surface area contributed by atoms with E-state index in [0.717, 1.165) is 37.5 Å². The summed E-state index contributed by atoms with van der Waals surface area (Å²) in [4.78, 5) is 15.5. The maximum absolute atomic E-state index is 12.4. The lowest BCUT2D eigenvalue weighted by atomic mass is 10.2. The molecule has 0 unspecified atom stereocenters. The van der Waals surface area contributed by atoms with Crippen LogP contribution in [0.15, 0.2) is 59.6 Å². The van der Waals surface area contributed by atoms with E-state index in [2.05, 4.69) is 47.2 Å². The van der Waals surface area contributed by atoms with E-state index in [1.807, 2.05) is 17.0 Å². The number of amides is 1. The number of benzene rings is 2. The molecule has 1 aliphatic heterocycles. The second kappa shape index (κ2) is 7.77. The standard InChI is InChI=1S/C21H21ClN2OS/c22-17-9-7-16(8-10-17)13-24-14-20(18-5-1-2-6-19(18)24)26-15-21(25)23-11-3-4-12-23/h1-2,5-10,14H,3-4,11-13,15H2. The second-order valence-electron chi connectivity index (χ2n) is 6.64. The van der Waals surface area contributed by atoms with Crippen LogP contribution in [0.2, 0.25) is 5.02 Å². The number of nitrogens with zero attached hydrogens (tertiary/aromatic N) is 2. The topological polar surface area (TPSA) is 25.2 Å². The predicted octanol–water partition coefficient (Wildman–Crippen LogP) is 5.06. The normalized spacial score (nSPS) is 14.3. The minimum Gasteiger partial charge on any atom is -0.342 e. The molecule has 3 aromatic rings. The lowest BCUT2D eigenvalue weighted by molar-refractivity contribution is -0.127. The number of carbonyl (C=O) groups is 1. The number of aromatic nitrogens is 1. The van der Waals surface area contributed by atoms with Crippen LogP contribution in [-0.2, 0) is 11.3 Å². The van der Waals surface area contributed by atoms with Crippen molar-refractivity contribution in [2.24, 2.45) is 0 Å². The average molecular weight is 385 g/mol. The Balaban J connectivity index is 1.55. The summed E-state index contributed by atoms with van der Waals surface area (Å²) in [6.07, 6.45) is 4.44. The van der Waals surface area contributed by atoms with Crippen LogP contribution < -0.4 is 0 Å². The van der Waals surface area contributed by atoms with Crippen molar-refractivity contribution in [2.75, 3.05) is 18.8 Å². The molecule has 5 heteroatoms. The van der Waals surface area contributed by atoms with E-state index in [-0.39, 0.29) is 5.91 Å². The largest absolute Gasteiger partial charge is 0.342 e. The molecule has 2 heterocycles. The summed E-state index contributed by atoms with van der Waals surface area (Å²) in [5, 5.41) is 1.96. The number of halogens is 1. The zero-order valence-electron chi connectivity index (χ0n) is 14.5. The first kappa shape index (κ1) is 17.5. The van der Waals surface area contributed by atoms with Gasteiger partial charge in [0, 0.05) is 46.7 Å². The maximum Gasteiger partial charge on any atom is 0.232 e. The molecule has 1 saturated heterocycles. The Hall–Kier alpha value is -1.91. The Morgan fingerprint density at radius 2 is 1.77 bits per heavy atom. The third kappa shape index (κ3) is 3.76. The van der Waals surface area contributed by atoms with E-state index in [1.165, 1.54) is 21.4 Å². The van der Waals surface area contributed by atoms with Gasteiger partial charge >= 0.3 is 0 Å². The van der Waals surface area contributed by atoms with Crippen LogP contribution >= 0.6 is 23.4 Å². The van der Waals surface area contributed by atoms with Gasteiger partial charge in [-0.05, 0) is 36.6 Å². The third-order valence-electron chi connectivity index (χ3n) is 4.83. The van der Waals surface area contributed by atoms with Crippen LogP contribution in [0.25, 0.3) is 10.9 Å². The Morgan fingerprint density at radius 1 is 1.04 bits per heavy atom. The van der Waals surface area contributed by atoms with Gasteiger partial charge in [-0.1, -0.05) is 41.9 Å². The summed E-state index contributed by atoms with van der Waals surface area (Å²) in [7, 11) is 0. The van der Waals surface area contributed by atoms with Crippen molar-refractivity contribution in [3.63, 3.8) is 0 Å². The fraction of sp³-hybridized carbons (Fsp3) is 0.286. The first-order valence-corrected chi connectivity index (χ1v) is 10.3. The predicted molar refractivity (Wildman–Crippen MR) is 109 cm³/mol. The van der Waals surface area contributed by atoms with Crippen LogP contribution in [-0.4, -0.2) is 34.2 Å². The van der Waals surface area contributed by atoms with Crippen molar-refractivity contribution in [3.05, 3.63) is 65.3 Å². The number of likely N-dealkylation sites (tertiary alicyclic amines) is 1. The molecule has 0 bridgehead atoms. The van der Waals surface area contributed by atoms with E-state index in [0.29, 0.717) is 5.75 Å². The van der Waals surface area contributed by atoms with Gasteiger partial charge in [0.2, 0.25) is 5.91 Å². The molecular weight excluding hydrogens is 364 g/mol. The Bertz CT molecular complexity index is 913. The van der Waals surface area contributed by atoms with Gasteiger partial charge in [0.25, 0.3) is 0 Å². The molecule has 1 aliphatic rings. The van der Waals surface area contributed by atoms with E-state index in [1.54, 1.807) is 11.8 Å². The van der Waals surface area contributed by atoms with E-state index >= 15 is 0 Å². The first-order chi connectivity index (χ1) is 12.7. The quantitative estimate of drug-likeness (QED) is 0.574. The number of hydrogen-bond donors (Lipinski definition) is 0. The van der Waals surface area contributed by atoms with Gasteiger partial charge in [-0.25, -0.2) is 0 Å². The monoisotopic (exact) mass is 384 g/mol. The van der Waals surface area contributed by atoms with Gasteiger partial charge in [-0.3, -0.25) is 4.79 Å². The highest BCUT2D eigenvalue weighted by molar-refractivity contribution is 8.00. The molecule has 1 fully saturated rings. The minimum atomic E-state index is 0.252. The molecule has 2 aromatic carbocycles. The van der Waals surface area contributed by atoms with Crippen LogP contribution in [0.4, 0.5) is 0 Å². The smallest absolute Gasteiger partial charge is 0.232 e. The molecule has 4 rings (SSSR count). The third-order valence-corrected chi connectivity index (χ3v) is 6.11. The summed E-state index contributed by atoms with van der Waals surface area (Å²) < 4.78 is 2.25. The summed E-state index contributed by atoms with van der Waals surface area (Å²) in [6.45, 7) is 2.62. The molecule has 26 heavy (non-hydrogen) atoms. The molecular formula is C21H21ClN2OS. The van der Waals surface area contributed by atoms with Crippen LogP contribution in [0, 0.1) is 0 Å². The average Bonchev–Trinajstić information content (AvgIpc) is 3.31. The minimum absolute atomic E-state index is 0.252. The van der Waals surface area contributed by atoms with Crippen LogP contribution in [0.5, 0.6) is 0 Å². The zero-order valence-corrected chi connectivity index (χ0v) is 16.1. The number of fused-ring (bicyclic) bond motifs is 1.